The van der Waals surface area contributed by atoms with Crippen molar-refractivity contribution in [3.63, 3.8) is 0 Å². The molecule has 2 aromatic rings. The molecule has 0 bridgehead atoms. The molecule has 0 unspecified atom stereocenters. The number of amides is 3. The summed E-state index contributed by atoms with van der Waals surface area (Å²) in [6, 6.07) is 17.6. The highest BCUT2D eigenvalue weighted by atomic mass is 16.2. The first-order chi connectivity index (χ1) is 17.6. The third-order valence-corrected chi connectivity index (χ3v) is 7.37. The average Bonchev–Trinajstić information content (AvgIpc) is 3.15. The van der Waals surface area contributed by atoms with E-state index < -0.39 is 0 Å². The fourth-order valence-corrected chi connectivity index (χ4v) is 5.20. The third kappa shape index (κ3) is 7.03. The van der Waals surface area contributed by atoms with Crippen LogP contribution in [0.5, 0.6) is 0 Å². The van der Waals surface area contributed by atoms with Crippen LogP contribution in [0.3, 0.4) is 0 Å². The lowest BCUT2D eigenvalue weighted by Gasteiger charge is -2.34. The summed E-state index contributed by atoms with van der Waals surface area (Å²) in [5, 5.41) is 0. The van der Waals surface area contributed by atoms with Crippen LogP contribution in [0.25, 0.3) is 0 Å². The Labute approximate surface area is 215 Å². The highest BCUT2D eigenvalue weighted by Gasteiger charge is 2.34. The second-order valence-electron chi connectivity index (χ2n) is 10.0. The highest BCUT2D eigenvalue weighted by molar-refractivity contribution is 6.21. The van der Waals surface area contributed by atoms with Gasteiger partial charge in [0.25, 0.3) is 11.8 Å². The zero-order valence-corrected chi connectivity index (χ0v) is 21.4. The first-order valence-corrected chi connectivity index (χ1v) is 13.6. The van der Waals surface area contributed by atoms with Crippen molar-refractivity contribution in [2.24, 2.45) is 0 Å². The first-order valence-electron chi connectivity index (χ1n) is 13.6. The molecule has 2 aromatic carbocycles. The smallest absolute Gasteiger partial charge is 0.261 e. The van der Waals surface area contributed by atoms with Crippen LogP contribution in [0.15, 0.2) is 54.6 Å². The Morgan fingerprint density at radius 2 is 1.17 bits per heavy atom. The van der Waals surface area contributed by atoms with Gasteiger partial charge in [0.15, 0.2) is 0 Å². The van der Waals surface area contributed by atoms with Gasteiger partial charge >= 0.3 is 0 Å². The van der Waals surface area contributed by atoms with Crippen molar-refractivity contribution < 1.29 is 14.4 Å². The molecule has 0 spiro atoms. The lowest BCUT2D eigenvalue weighted by Crippen LogP contribution is -2.48. The van der Waals surface area contributed by atoms with Gasteiger partial charge in [-0.1, -0.05) is 81.0 Å². The number of imide groups is 1. The number of nitrogens with zero attached hydrogens (tertiary/aromatic N) is 3. The van der Waals surface area contributed by atoms with Gasteiger partial charge in [-0.2, -0.15) is 0 Å². The van der Waals surface area contributed by atoms with E-state index in [-0.39, 0.29) is 11.8 Å². The van der Waals surface area contributed by atoms with Crippen LogP contribution in [0, 0.1) is 0 Å². The number of carbonyl (C=O) groups excluding carboxylic acids is 3. The highest BCUT2D eigenvalue weighted by Crippen LogP contribution is 2.23. The number of piperazine rings is 1. The SMILES string of the molecule is O=C(CCCCCCCCCCN1C(=O)c2ccccc2C1=O)N1CCN(Cc2ccccc2)CC1. The van der Waals surface area contributed by atoms with Gasteiger partial charge in [0.1, 0.15) is 0 Å². The summed E-state index contributed by atoms with van der Waals surface area (Å²) in [5.41, 5.74) is 2.40. The molecule has 0 radical (unpaired) electrons. The van der Waals surface area contributed by atoms with Gasteiger partial charge in [-0.3, -0.25) is 24.2 Å². The molecule has 6 nitrogen and oxygen atoms in total. The summed E-state index contributed by atoms with van der Waals surface area (Å²) in [7, 11) is 0. The maximum Gasteiger partial charge on any atom is 0.261 e. The molecular weight excluding hydrogens is 450 g/mol. The van der Waals surface area contributed by atoms with E-state index in [0.717, 1.165) is 71.2 Å². The Morgan fingerprint density at radius 3 is 1.78 bits per heavy atom. The maximum atomic E-state index is 12.6. The second-order valence-corrected chi connectivity index (χ2v) is 10.0. The van der Waals surface area contributed by atoms with Crippen molar-refractivity contribution >= 4 is 17.7 Å². The van der Waals surface area contributed by atoms with Gasteiger partial charge in [0, 0.05) is 45.7 Å². The molecule has 0 saturated carbocycles. The van der Waals surface area contributed by atoms with Gasteiger partial charge in [-0.15, -0.1) is 0 Å². The molecular formula is C30H39N3O3. The van der Waals surface area contributed by atoms with E-state index in [2.05, 4.69) is 29.2 Å². The summed E-state index contributed by atoms with van der Waals surface area (Å²) in [4.78, 5) is 43.2. The Morgan fingerprint density at radius 1 is 0.639 bits per heavy atom. The second kappa shape index (κ2) is 13.4. The summed E-state index contributed by atoms with van der Waals surface area (Å²) in [6.45, 7) is 5.06. The van der Waals surface area contributed by atoms with Crippen molar-refractivity contribution in [2.45, 2.75) is 64.3 Å². The van der Waals surface area contributed by atoms with Gasteiger partial charge in [-0.05, 0) is 30.5 Å². The third-order valence-electron chi connectivity index (χ3n) is 7.37. The van der Waals surface area contributed by atoms with Crippen LogP contribution in [0.1, 0.15) is 84.1 Å². The molecule has 2 heterocycles. The number of fused-ring (bicyclic) bond motifs is 1. The number of benzene rings is 2. The Kier molecular flexibility index (Phi) is 9.68. The average molecular weight is 490 g/mol. The lowest BCUT2D eigenvalue weighted by atomic mass is 10.1. The Hall–Kier alpha value is -2.99. The van der Waals surface area contributed by atoms with Crippen LogP contribution in [-0.2, 0) is 11.3 Å². The molecule has 4 rings (SSSR count). The summed E-state index contributed by atoms with van der Waals surface area (Å²) >= 11 is 0. The van der Waals surface area contributed by atoms with E-state index in [4.69, 9.17) is 0 Å². The van der Waals surface area contributed by atoms with E-state index in [0.29, 0.717) is 30.0 Å². The predicted molar refractivity (Wildman–Crippen MR) is 142 cm³/mol. The molecule has 0 aliphatic carbocycles. The molecule has 1 fully saturated rings. The van der Waals surface area contributed by atoms with Gasteiger partial charge < -0.3 is 4.90 Å². The van der Waals surface area contributed by atoms with Crippen molar-refractivity contribution in [2.75, 3.05) is 32.7 Å². The molecule has 0 atom stereocenters. The Balaban J connectivity index is 0.983. The minimum atomic E-state index is -0.154. The number of hydrogen-bond donors (Lipinski definition) is 0. The number of hydrogen-bond acceptors (Lipinski definition) is 4. The molecule has 3 amide bonds. The van der Waals surface area contributed by atoms with E-state index in [1.807, 2.05) is 11.0 Å². The molecule has 0 aromatic heterocycles. The number of carbonyl (C=O) groups is 3. The molecule has 2 aliphatic rings. The molecule has 192 valence electrons. The normalized spacial score (nSPS) is 16.0. The van der Waals surface area contributed by atoms with Crippen molar-refractivity contribution in [3.05, 3.63) is 71.3 Å². The number of unbranched alkanes of at least 4 members (excludes halogenated alkanes) is 7. The molecule has 36 heavy (non-hydrogen) atoms. The van der Waals surface area contributed by atoms with Crippen LogP contribution < -0.4 is 0 Å². The minimum absolute atomic E-state index is 0.154. The van der Waals surface area contributed by atoms with E-state index >= 15 is 0 Å². The van der Waals surface area contributed by atoms with E-state index in [9.17, 15) is 14.4 Å². The maximum absolute atomic E-state index is 12.6. The first kappa shape index (κ1) is 26.1. The van der Waals surface area contributed by atoms with Crippen molar-refractivity contribution in [1.82, 2.24) is 14.7 Å². The largest absolute Gasteiger partial charge is 0.340 e. The molecule has 1 saturated heterocycles. The van der Waals surface area contributed by atoms with Crippen LogP contribution >= 0.6 is 0 Å². The summed E-state index contributed by atoms with van der Waals surface area (Å²) in [5.74, 6) is 0.000871. The Bertz CT molecular complexity index is 980. The summed E-state index contributed by atoms with van der Waals surface area (Å²) in [6.07, 6.45) is 9.27. The fourth-order valence-electron chi connectivity index (χ4n) is 5.20. The monoisotopic (exact) mass is 489 g/mol. The topological polar surface area (TPSA) is 60.9 Å². The lowest BCUT2D eigenvalue weighted by molar-refractivity contribution is -0.133. The zero-order chi connectivity index (χ0) is 25.2. The summed E-state index contributed by atoms with van der Waals surface area (Å²) < 4.78 is 0. The van der Waals surface area contributed by atoms with E-state index in [1.165, 1.54) is 23.3 Å². The standard InChI is InChI=1S/C30H39N3O3/c34-28(32-22-20-31(21-23-32)24-25-14-8-7-9-15-25)18-10-5-3-1-2-4-6-13-19-33-29(35)26-16-11-12-17-27(26)30(33)36/h7-9,11-12,14-17H,1-6,10,13,18-24H2. The van der Waals surface area contributed by atoms with Gasteiger partial charge in [-0.25, -0.2) is 0 Å². The number of rotatable bonds is 13. The fraction of sp³-hybridized carbons (Fsp3) is 0.500. The van der Waals surface area contributed by atoms with Crippen molar-refractivity contribution in [3.8, 4) is 0 Å². The van der Waals surface area contributed by atoms with Crippen LogP contribution in [0.2, 0.25) is 0 Å². The van der Waals surface area contributed by atoms with Crippen LogP contribution in [0.4, 0.5) is 0 Å². The van der Waals surface area contributed by atoms with E-state index in [1.54, 1.807) is 24.3 Å². The van der Waals surface area contributed by atoms with Crippen LogP contribution in [-0.4, -0.2) is 65.1 Å². The van der Waals surface area contributed by atoms with Gasteiger partial charge in [0.05, 0.1) is 11.1 Å². The zero-order valence-electron chi connectivity index (χ0n) is 21.4. The van der Waals surface area contributed by atoms with Gasteiger partial charge in [0.2, 0.25) is 5.91 Å². The molecule has 2 aliphatic heterocycles. The predicted octanol–water partition coefficient (Wildman–Crippen LogP) is 5.14. The quantitative estimate of drug-likeness (QED) is 0.289. The molecule has 0 N–H and O–H groups in total. The van der Waals surface area contributed by atoms with Crippen molar-refractivity contribution in [1.29, 1.82) is 0 Å². The molecule has 6 heteroatoms. The minimum Gasteiger partial charge on any atom is -0.340 e.